The summed E-state index contributed by atoms with van der Waals surface area (Å²) in [5, 5.41) is 0. The molecule has 9 heteroatoms. The molecule has 21 heavy (non-hydrogen) atoms. The van der Waals surface area contributed by atoms with E-state index in [2.05, 4.69) is 4.72 Å². The SMILES string of the molecule is CCc1cc(S(=O)(=O)Cl)cc(C)c1NS(=O)(=O)CCOC. The van der Waals surface area contributed by atoms with Gasteiger partial charge in [0.1, 0.15) is 0 Å². The Morgan fingerprint density at radius 2 is 1.86 bits per heavy atom. The van der Waals surface area contributed by atoms with Crippen LogP contribution in [0.4, 0.5) is 5.69 Å². The molecule has 0 atom stereocenters. The zero-order valence-corrected chi connectivity index (χ0v) is 14.4. The summed E-state index contributed by atoms with van der Waals surface area (Å²) >= 11 is 0. The molecule has 0 aliphatic heterocycles. The first-order valence-electron chi connectivity index (χ1n) is 6.18. The summed E-state index contributed by atoms with van der Waals surface area (Å²) < 4.78 is 53.9. The van der Waals surface area contributed by atoms with Gasteiger partial charge in [0, 0.05) is 17.8 Å². The highest BCUT2D eigenvalue weighted by molar-refractivity contribution is 8.13. The van der Waals surface area contributed by atoms with E-state index in [4.69, 9.17) is 15.4 Å². The average Bonchev–Trinajstić information content (AvgIpc) is 2.37. The maximum absolute atomic E-state index is 11.9. The number of nitrogens with one attached hydrogen (secondary N) is 1. The Kier molecular flexibility index (Phi) is 6.03. The number of rotatable bonds is 7. The van der Waals surface area contributed by atoms with Gasteiger partial charge in [-0.2, -0.15) is 0 Å². The van der Waals surface area contributed by atoms with Crippen LogP contribution in [0.1, 0.15) is 18.1 Å². The van der Waals surface area contributed by atoms with Crippen LogP contribution in [0.3, 0.4) is 0 Å². The van der Waals surface area contributed by atoms with E-state index in [1.165, 1.54) is 19.2 Å². The molecular formula is C12H18ClNO5S2. The summed E-state index contributed by atoms with van der Waals surface area (Å²) in [6.45, 7) is 3.50. The number of hydrogen-bond donors (Lipinski definition) is 1. The fourth-order valence-corrected chi connectivity index (χ4v) is 3.75. The first-order chi connectivity index (χ1) is 9.60. The highest BCUT2D eigenvalue weighted by Gasteiger charge is 2.18. The van der Waals surface area contributed by atoms with Crippen molar-refractivity contribution < 1.29 is 21.6 Å². The van der Waals surface area contributed by atoms with E-state index >= 15 is 0 Å². The van der Waals surface area contributed by atoms with Gasteiger partial charge in [-0.15, -0.1) is 0 Å². The molecule has 1 rings (SSSR count). The van der Waals surface area contributed by atoms with Gasteiger partial charge in [-0.3, -0.25) is 4.72 Å². The third kappa shape index (κ3) is 5.14. The lowest BCUT2D eigenvalue weighted by Crippen LogP contribution is -2.21. The minimum Gasteiger partial charge on any atom is -0.384 e. The van der Waals surface area contributed by atoms with Crippen molar-refractivity contribution in [1.29, 1.82) is 0 Å². The summed E-state index contributed by atoms with van der Waals surface area (Å²) in [5.74, 6) is -0.179. The van der Waals surface area contributed by atoms with E-state index in [-0.39, 0.29) is 17.3 Å². The Hall–Kier alpha value is -0.830. The lowest BCUT2D eigenvalue weighted by molar-refractivity contribution is 0.217. The van der Waals surface area contributed by atoms with Crippen molar-refractivity contribution in [2.45, 2.75) is 25.2 Å². The van der Waals surface area contributed by atoms with Crippen LogP contribution in [0.25, 0.3) is 0 Å². The zero-order chi connectivity index (χ0) is 16.3. The highest BCUT2D eigenvalue weighted by Crippen LogP contribution is 2.28. The van der Waals surface area contributed by atoms with E-state index in [9.17, 15) is 16.8 Å². The lowest BCUT2D eigenvalue weighted by Gasteiger charge is -2.15. The number of hydrogen-bond acceptors (Lipinski definition) is 5. The van der Waals surface area contributed by atoms with Crippen molar-refractivity contribution in [3.05, 3.63) is 23.3 Å². The predicted octanol–water partition coefficient (Wildman–Crippen LogP) is 1.87. The maximum Gasteiger partial charge on any atom is 0.261 e. The second-order valence-electron chi connectivity index (χ2n) is 4.48. The molecule has 0 spiro atoms. The number of methoxy groups -OCH3 is 1. The topological polar surface area (TPSA) is 89.5 Å². The predicted molar refractivity (Wildman–Crippen MR) is 82.9 cm³/mol. The highest BCUT2D eigenvalue weighted by atomic mass is 35.7. The third-order valence-corrected chi connectivity index (χ3v) is 5.42. The summed E-state index contributed by atoms with van der Waals surface area (Å²) in [7, 11) is -0.670. The van der Waals surface area contributed by atoms with E-state index in [1.54, 1.807) is 13.8 Å². The lowest BCUT2D eigenvalue weighted by atomic mass is 10.1. The molecule has 0 bridgehead atoms. The van der Waals surface area contributed by atoms with Crippen molar-refractivity contribution >= 4 is 35.4 Å². The van der Waals surface area contributed by atoms with Crippen LogP contribution in [0, 0.1) is 6.92 Å². The molecule has 0 amide bonds. The molecule has 0 heterocycles. The van der Waals surface area contributed by atoms with E-state index in [0.717, 1.165) is 0 Å². The Labute approximate surface area is 129 Å². The molecule has 0 radical (unpaired) electrons. The number of sulfonamides is 1. The molecule has 1 aromatic rings. The quantitative estimate of drug-likeness (QED) is 0.754. The molecule has 0 aliphatic carbocycles. The molecular weight excluding hydrogens is 338 g/mol. The molecule has 0 fully saturated rings. The Balaban J connectivity index is 3.26. The first kappa shape index (κ1) is 18.2. The second kappa shape index (κ2) is 6.95. The van der Waals surface area contributed by atoms with Gasteiger partial charge < -0.3 is 4.74 Å². The van der Waals surface area contributed by atoms with Crippen molar-refractivity contribution in [1.82, 2.24) is 0 Å². The van der Waals surface area contributed by atoms with Crippen LogP contribution < -0.4 is 4.72 Å². The van der Waals surface area contributed by atoms with E-state index < -0.39 is 19.1 Å². The molecule has 1 aromatic carbocycles. The summed E-state index contributed by atoms with van der Waals surface area (Å²) in [6.07, 6.45) is 0.462. The molecule has 120 valence electrons. The van der Waals surface area contributed by atoms with E-state index in [0.29, 0.717) is 23.2 Å². The van der Waals surface area contributed by atoms with Crippen molar-refractivity contribution in [3.8, 4) is 0 Å². The van der Waals surface area contributed by atoms with Gasteiger partial charge in [-0.25, -0.2) is 16.8 Å². The fourth-order valence-electron chi connectivity index (χ4n) is 1.79. The standard InChI is InChI=1S/C12H18ClNO5S2/c1-4-10-8-11(21(13,17)18)7-9(2)12(10)14-20(15,16)6-5-19-3/h7-8,14H,4-6H2,1-3H3. The van der Waals surface area contributed by atoms with Crippen LogP contribution >= 0.6 is 10.7 Å². The van der Waals surface area contributed by atoms with Crippen LogP contribution in [0.2, 0.25) is 0 Å². The summed E-state index contributed by atoms with van der Waals surface area (Å²) in [4.78, 5) is -0.0432. The van der Waals surface area contributed by atoms with Gasteiger partial charge >= 0.3 is 0 Å². The van der Waals surface area contributed by atoms with Gasteiger partial charge in [0.15, 0.2) is 0 Å². The molecule has 0 aromatic heterocycles. The van der Waals surface area contributed by atoms with Gasteiger partial charge in [-0.1, -0.05) is 6.92 Å². The Bertz CT molecular complexity index is 713. The Morgan fingerprint density at radius 1 is 1.24 bits per heavy atom. The monoisotopic (exact) mass is 355 g/mol. The van der Waals surface area contributed by atoms with Crippen molar-refractivity contribution in [2.75, 3.05) is 24.2 Å². The molecule has 6 nitrogen and oxygen atoms in total. The van der Waals surface area contributed by atoms with Crippen LogP contribution in [0.5, 0.6) is 0 Å². The largest absolute Gasteiger partial charge is 0.384 e. The summed E-state index contributed by atoms with van der Waals surface area (Å²) in [6, 6.07) is 2.72. The minimum absolute atomic E-state index is 0.0432. The smallest absolute Gasteiger partial charge is 0.261 e. The van der Waals surface area contributed by atoms with Crippen LogP contribution in [0.15, 0.2) is 17.0 Å². The van der Waals surface area contributed by atoms with Gasteiger partial charge in [-0.05, 0) is 36.6 Å². The number of halogens is 1. The third-order valence-electron chi connectivity index (χ3n) is 2.87. The average molecular weight is 356 g/mol. The Morgan fingerprint density at radius 3 is 2.33 bits per heavy atom. The van der Waals surface area contributed by atoms with Crippen LogP contribution in [-0.4, -0.2) is 36.3 Å². The first-order valence-corrected chi connectivity index (χ1v) is 10.1. The number of benzene rings is 1. The maximum atomic E-state index is 11.9. The number of anilines is 1. The second-order valence-corrected chi connectivity index (χ2v) is 8.89. The molecule has 0 saturated carbocycles. The van der Waals surface area contributed by atoms with Crippen molar-refractivity contribution in [3.63, 3.8) is 0 Å². The fraction of sp³-hybridized carbons (Fsp3) is 0.500. The van der Waals surface area contributed by atoms with Gasteiger partial charge in [0.25, 0.3) is 9.05 Å². The molecule has 0 aliphatic rings. The van der Waals surface area contributed by atoms with Gasteiger partial charge in [0.05, 0.1) is 22.9 Å². The van der Waals surface area contributed by atoms with Crippen LogP contribution in [-0.2, 0) is 30.2 Å². The normalized spacial score (nSPS) is 12.4. The number of aryl methyl sites for hydroxylation is 2. The molecule has 1 N–H and O–H groups in total. The molecule has 0 unspecified atom stereocenters. The minimum atomic E-state index is -3.86. The van der Waals surface area contributed by atoms with E-state index in [1.807, 2.05) is 0 Å². The zero-order valence-electron chi connectivity index (χ0n) is 12.0. The van der Waals surface area contributed by atoms with Crippen molar-refractivity contribution in [2.24, 2.45) is 0 Å². The van der Waals surface area contributed by atoms with Gasteiger partial charge in [0.2, 0.25) is 10.0 Å². The molecule has 0 saturated heterocycles. The summed E-state index contributed by atoms with van der Waals surface area (Å²) in [5.41, 5.74) is 1.45. The number of ether oxygens (including phenoxy) is 1.